The summed E-state index contributed by atoms with van der Waals surface area (Å²) in [7, 11) is 0. The fraction of sp³-hybridized carbons (Fsp3) is 0.643. The monoisotopic (exact) mass is 250 g/mol. The van der Waals surface area contributed by atoms with Gasteiger partial charge in [0.05, 0.1) is 11.8 Å². The second-order valence-electron chi connectivity index (χ2n) is 5.08. The van der Waals surface area contributed by atoms with Gasteiger partial charge in [0.2, 0.25) is 0 Å². The van der Waals surface area contributed by atoms with Crippen molar-refractivity contribution in [2.45, 2.75) is 51.1 Å². The van der Waals surface area contributed by atoms with Crippen LogP contribution in [0.3, 0.4) is 0 Å². The van der Waals surface area contributed by atoms with Gasteiger partial charge in [-0.3, -0.25) is 4.79 Å². The quantitative estimate of drug-likeness (QED) is 0.892. The highest BCUT2D eigenvalue weighted by Gasteiger charge is 2.28. The minimum atomic E-state index is 0.0890. The van der Waals surface area contributed by atoms with Gasteiger partial charge in [0.15, 0.2) is 0 Å². The standard InChI is InChI=1S/C14H22N2O2/c1-2-8-16(13-5-3-12(15)4-6-13)14(17)11-7-9-18-10-11/h7,9-10,12-13H,2-6,8,15H2,1H3. The molecule has 0 atom stereocenters. The van der Waals surface area contributed by atoms with E-state index in [1.165, 1.54) is 6.26 Å². The molecule has 100 valence electrons. The van der Waals surface area contributed by atoms with Gasteiger partial charge in [-0.15, -0.1) is 0 Å². The van der Waals surface area contributed by atoms with Gasteiger partial charge in [-0.2, -0.15) is 0 Å². The third kappa shape index (κ3) is 2.93. The van der Waals surface area contributed by atoms with Crippen LogP contribution in [0.5, 0.6) is 0 Å². The number of amides is 1. The average molecular weight is 250 g/mol. The van der Waals surface area contributed by atoms with Crippen LogP contribution in [0, 0.1) is 0 Å². The van der Waals surface area contributed by atoms with Crippen molar-refractivity contribution in [3.63, 3.8) is 0 Å². The topological polar surface area (TPSA) is 59.5 Å². The summed E-state index contributed by atoms with van der Waals surface area (Å²) in [5.41, 5.74) is 6.57. The van der Waals surface area contributed by atoms with Gasteiger partial charge in [0, 0.05) is 18.6 Å². The SMILES string of the molecule is CCCN(C(=O)c1ccoc1)C1CCC(N)CC1. The van der Waals surface area contributed by atoms with Crippen LogP contribution in [-0.2, 0) is 0 Å². The van der Waals surface area contributed by atoms with Gasteiger partial charge in [-0.05, 0) is 38.2 Å². The maximum Gasteiger partial charge on any atom is 0.257 e. The van der Waals surface area contributed by atoms with Crippen LogP contribution >= 0.6 is 0 Å². The van der Waals surface area contributed by atoms with Crippen LogP contribution in [0.25, 0.3) is 0 Å². The third-order valence-corrected chi connectivity index (χ3v) is 3.68. The molecule has 1 aliphatic rings. The predicted molar refractivity (Wildman–Crippen MR) is 70.3 cm³/mol. The number of rotatable bonds is 4. The summed E-state index contributed by atoms with van der Waals surface area (Å²) in [4.78, 5) is 14.4. The molecule has 4 heteroatoms. The van der Waals surface area contributed by atoms with Crippen LogP contribution < -0.4 is 5.73 Å². The Labute approximate surface area is 108 Å². The maximum atomic E-state index is 12.4. The first-order chi connectivity index (χ1) is 8.72. The Bertz CT molecular complexity index is 367. The molecule has 2 rings (SSSR count). The molecule has 1 saturated carbocycles. The molecule has 1 amide bonds. The van der Waals surface area contributed by atoms with Crippen molar-refractivity contribution in [2.24, 2.45) is 5.73 Å². The molecule has 0 spiro atoms. The van der Waals surface area contributed by atoms with Crippen molar-refractivity contribution in [3.05, 3.63) is 24.2 Å². The highest BCUT2D eigenvalue weighted by molar-refractivity contribution is 5.94. The van der Waals surface area contributed by atoms with Crippen LogP contribution in [0.1, 0.15) is 49.4 Å². The summed E-state index contributed by atoms with van der Waals surface area (Å²) in [6.45, 7) is 2.91. The number of furan rings is 1. The molecule has 1 aromatic heterocycles. The van der Waals surface area contributed by atoms with Crippen molar-refractivity contribution in [3.8, 4) is 0 Å². The molecule has 18 heavy (non-hydrogen) atoms. The Morgan fingerprint density at radius 3 is 2.72 bits per heavy atom. The zero-order valence-electron chi connectivity index (χ0n) is 11.0. The lowest BCUT2D eigenvalue weighted by Gasteiger charge is -2.35. The zero-order valence-corrected chi connectivity index (χ0v) is 11.0. The first-order valence-electron chi connectivity index (χ1n) is 6.81. The number of hydrogen-bond acceptors (Lipinski definition) is 3. The van der Waals surface area contributed by atoms with E-state index in [0.29, 0.717) is 17.6 Å². The molecule has 0 saturated heterocycles. The smallest absolute Gasteiger partial charge is 0.257 e. The number of nitrogens with two attached hydrogens (primary N) is 1. The Morgan fingerprint density at radius 1 is 1.44 bits per heavy atom. The molecule has 0 bridgehead atoms. The van der Waals surface area contributed by atoms with Gasteiger partial charge >= 0.3 is 0 Å². The molecule has 0 aromatic carbocycles. The van der Waals surface area contributed by atoms with Crippen molar-refractivity contribution in [2.75, 3.05) is 6.54 Å². The number of nitrogens with zero attached hydrogens (tertiary/aromatic N) is 1. The summed E-state index contributed by atoms with van der Waals surface area (Å²) in [6.07, 6.45) is 8.13. The second-order valence-corrected chi connectivity index (χ2v) is 5.08. The average Bonchev–Trinajstić information content (AvgIpc) is 2.90. The van der Waals surface area contributed by atoms with Crippen molar-refractivity contribution < 1.29 is 9.21 Å². The summed E-state index contributed by atoms with van der Waals surface area (Å²) in [5.74, 6) is 0.0890. The minimum Gasteiger partial charge on any atom is -0.472 e. The van der Waals surface area contributed by atoms with E-state index < -0.39 is 0 Å². The van der Waals surface area contributed by atoms with Crippen LogP contribution in [0.2, 0.25) is 0 Å². The first kappa shape index (κ1) is 13.1. The molecule has 1 aliphatic carbocycles. The second kappa shape index (κ2) is 6.05. The zero-order chi connectivity index (χ0) is 13.0. The predicted octanol–water partition coefficient (Wildman–Crippen LogP) is 2.40. The van der Waals surface area contributed by atoms with Crippen LogP contribution in [0.15, 0.2) is 23.0 Å². The lowest BCUT2D eigenvalue weighted by Crippen LogP contribution is -2.44. The largest absolute Gasteiger partial charge is 0.472 e. The van der Waals surface area contributed by atoms with Gasteiger partial charge in [-0.1, -0.05) is 6.92 Å². The number of carbonyl (C=O) groups excluding carboxylic acids is 1. The Morgan fingerprint density at radius 2 is 2.17 bits per heavy atom. The van der Waals surface area contributed by atoms with E-state index in [4.69, 9.17) is 10.2 Å². The molecule has 0 unspecified atom stereocenters. The van der Waals surface area contributed by atoms with E-state index in [-0.39, 0.29) is 5.91 Å². The lowest BCUT2D eigenvalue weighted by molar-refractivity contribution is 0.0626. The van der Waals surface area contributed by atoms with E-state index in [1.54, 1.807) is 12.3 Å². The third-order valence-electron chi connectivity index (χ3n) is 3.68. The molecule has 0 radical (unpaired) electrons. The Balaban J connectivity index is 2.05. The molecule has 1 heterocycles. The van der Waals surface area contributed by atoms with Crippen molar-refractivity contribution >= 4 is 5.91 Å². The van der Waals surface area contributed by atoms with Gasteiger partial charge in [0.25, 0.3) is 5.91 Å². The highest BCUT2D eigenvalue weighted by Crippen LogP contribution is 2.24. The molecular formula is C14H22N2O2. The number of carbonyl (C=O) groups is 1. The van der Waals surface area contributed by atoms with Crippen LogP contribution in [0.4, 0.5) is 0 Å². The van der Waals surface area contributed by atoms with Crippen molar-refractivity contribution in [1.29, 1.82) is 0 Å². The Kier molecular flexibility index (Phi) is 4.42. The van der Waals surface area contributed by atoms with Gasteiger partial charge in [0.1, 0.15) is 6.26 Å². The normalized spacial score (nSPS) is 23.9. The lowest BCUT2D eigenvalue weighted by atomic mass is 9.90. The Hall–Kier alpha value is -1.29. The fourth-order valence-electron chi connectivity index (χ4n) is 2.66. The summed E-state index contributed by atoms with van der Waals surface area (Å²) in [6, 6.07) is 2.39. The first-order valence-corrected chi connectivity index (χ1v) is 6.81. The van der Waals surface area contributed by atoms with E-state index in [2.05, 4.69) is 6.92 Å². The fourth-order valence-corrected chi connectivity index (χ4v) is 2.66. The molecule has 0 aliphatic heterocycles. The maximum absolute atomic E-state index is 12.4. The molecule has 2 N–H and O–H groups in total. The van der Waals surface area contributed by atoms with Crippen molar-refractivity contribution in [1.82, 2.24) is 4.90 Å². The van der Waals surface area contributed by atoms with Gasteiger partial charge < -0.3 is 15.1 Å². The highest BCUT2D eigenvalue weighted by atomic mass is 16.3. The molecule has 1 aromatic rings. The summed E-state index contributed by atoms with van der Waals surface area (Å²) in [5, 5.41) is 0. The van der Waals surface area contributed by atoms with E-state index in [9.17, 15) is 4.79 Å². The van der Waals surface area contributed by atoms with E-state index in [0.717, 1.165) is 38.6 Å². The van der Waals surface area contributed by atoms with E-state index in [1.807, 2.05) is 4.90 Å². The van der Waals surface area contributed by atoms with E-state index >= 15 is 0 Å². The van der Waals surface area contributed by atoms with Crippen LogP contribution in [-0.4, -0.2) is 29.4 Å². The summed E-state index contributed by atoms with van der Waals surface area (Å²) < 4.78 is 5.00. The summed E-state index contributed by atoms with van der Waals surface area (Å²) >= 11 is 0. The molecule has 1 fully saturated rings. The minimum absolute atomic E-state index is 0.0890. The number of hydrogen-bond donors (Lipinski definition) is 1. The molecular weight excluding hydrogens is 228 g/mol. The van der Waals surface area contributed by atoms with Gasteiger partial charge in [-0.25, -0.2) is 0 Å². The molecule has 4 nitrogen and oxygen atoms in total.